The lowest BCUT2D eigenvalue weighted by Gasteiger charge is -2.29. The van der Waals surface area contributed by atoms with Crippen LogP contribution in [0.1, 0.15) is 28.8 Å². The highest BCUT2D eigenvalue weighted by molar-refractivity contribution is 7.86. The fourth-order valence-electron chi connectivity index (χ4n) is 6.23. The van der Waals surface area contributed by atoms with Gasteiger partial charge in [0.2, 0.25) is 0 Å². The van der Waals surface area contributed by atoms with Gasteiger partial charge in [-0.1, -0.05) is 65.7 Å². The second-order valence-corrected chi connectivity index (χ2v) is 15.3. The molecule has 0 spiro atoms. The summed E-state index contributed by atoms with van der Waals surface area (Å²) in [5, 5.41) is 10.0. The summed E-state index contributed by atoms with van der Waals surface area (Å²) >= 11 is 12.8. The molecule has 2 aliphatic rings. The third-order valence-electron chi connectivity index (χ3n) is 8.91. The Morgan fingerprint density at radius 1 is 0.872 bits per heavy atom. The summed E-state index contributed by atoms with van der Waals surface area (Å²) in [5.74, 6) is 0. The average Bonchev–Trinajstić information content (AvgIpc) is 3.44. The molecule has 3 aromatic carbocycles. The Balaban J connectivity index is 1.23. The molecular weight excluding hydrogens is 655 g/mol. The first-order valence-electron chi connectivity index (χ1n) is 16.1. The Bertz CT molecular complexity index is 1770. The van der Waals surface area contributed by atoms with E-state index in [9.17, 15) is 8.42 Å². The largest absolute Gasteiger partial charge is 0.379 e. The van der Waals surface area contributed by atoms with E-state index in [4.69, 9.17) is 33.0 Å². The summed E-state index contributed by atoms with van der Waals surface area (Å²) < 4.78 is 36.7. The molecule has 0 atom stereocenters. The first-order valence-corrected chi connectivity index (χ1v) is 18.2. The van der Waals surface area contributed by atoms with E-state index in [2.05, 4.69) is 45.2 Å². The van der Waals surface area contributed by atoms with E-state index in [1.165, 1.54) is 15.4 Å². The van der Waals surface area contributed by atoms with E-state index >= 15 is 0 Å². The maximum absolute atomic E-state index is 13.1. The molecule has 1 saturated heterocycles. The number of hydrogen-bond donors (Lipinski definition) is 1. The number of fused-ring (bicyclic) bond motifs is 1. The van der Waals surface area contributed by atoms with E-state index in [1.54, 1.807) is 18.4 Å². The zero-order chi connectivity index (χ0) is 33.0. The molecule has 1 aromatic heterocycles. The normalized spacial score (nSPS) is 16.1. The smallest absolute Gasteiger partial charge is 0.281 e. The average molecular weight is 698 g/mol. The number of aromatic nitrogens is 2. The van der Waals surface area contributed by atoms with Crippen molar-refractivity contribution in [2.75, 3.05) is 53.5 Å². The molecule has 1 N–H and O–H groups in total. The molecular formula is C35H42Cl2N6O3S. The number of nitrogens with zero attached hydrogens (tertiary/aromatic N) is 5. The molecule has 0 unspecified atom stereocenters. The molecule has 0 amide bonds. The number of morpholine rings is 1. The van der Waals surface area contributed by atoms with Crippen LogP contribution in [0.3, 0.4) is 0 Å². The second kappa shape index (κ2) is 15.2. The van der Waals surface area contributed by atoms with Crippen LogP contribution in [0.5, 0.6) is 0 Å². The Labute approximate surface area is 288 Å². The van der Waals surface area contributed by atoms with Crippen molar-refractivity contribution in [1.29, 1.82) is 0 Å². The van der Waals surface area contributed by atoms with E-state index in [-0.39, 0.29) is 6.54 Å². The topological polar surface area (TPSA) is 82.9 Å². The Kier molecular flexibility index (Phi) is 11.0. The van der Waals surface area contributed by atoms with E-state index in [0.717, 1.165) is 97.6 Å². The predicted octanol–water partition coefficient (Wildman–Crippen LogP) is 5.70. The van der Waals surface area contributed by atoms with Crippen LogP contribution in [0, 0.1) is 0 Å². The van der Waals surface area contributed by atoms with Crippen LogP contribution in [-0.4, -0.2) is 85.2 Å². The third kappa shape index (κ3) is 8.09. The van der Waals surface area contributed by atoms with Gasteiger partial charge in [-0.05, 0) is 47.4 Å². The standard InChI is InChI=1S/C35H42Cl2N6O3S/c1-40(2)47(44,45)42-17-14-34-32(25-42)35(39-43(34)16-3-15-41-18-20-46-21-19-41)29-10-13-33(37)31(22-29)28-8-4-26(5-9-28)23-38-24-27-6-11-30(36)12-7-27/h4-13,22,38H,3,14-21,23-25H2,1-2H3. The second-order valence-electron chi connectivity index (χ2n) is 12.3. The summed E-state index contributed by atoms with van der Waals surface area (Å²) in [6.07, 6.45) is 1.57. The molecule has 1 fully saturated rings. The molecule has 3 heterocycles. The number of aryl methyl sites for hydroxylation is 1. The van der Waals surface area contributed by atoms with Crippen LogP contribution in [0.4, 0.5) is 0 Å². The van der Waals surface area contributed by atoms with Crippen molar-refractivity contribution < 1.29 is 13.2 Å². The monoisotopic (exact) mass is 696 g/mol. The molecule has 0 radical (unpaired) electrons. The minimum absolute atomic E-state index is 0.282. The molecule has 6 rings (SSSR count). The maximum Gasteiger partial charge on any atom is 0.281 e. The van der Waals surface area contributed by atoms with Crippen molar-refractivity contribution in [3.8, 4) is 22.4 Å². The molecule has 0 aliphatic carbocycles. The van der Waals surface area contributed by atoms with E-state index < -0.39 is 10.2 Å². The van der Waals surface area contributed by atoms with Gasteiger partial charge < -0.3 is 10.1 Å². The molecule has 47 heavy (non-hydrogen) atoms. The highest BCUT2D eigenvalue weighted by Crippen LogP contribution is 2.36. The lowest BCUT2D eigenvalue weighted by Crippen LogP contribution is -2.43. The fourth-order valence-corrected chi connectivity index (χ4v) is 7.66. The van der Waals surface area contributed by atoms with Gasteiger partial charge >= 0.3 is 0 Å². The van der Waals surface area contributed by atoms with E-state index in [0.29, 0.717) is 18.0 Å². The van der Waals surface area contributed by atoms with Gasteiger partial charge in [0.25, 0.3) is 10.2 Å². The SMILES string of the molecule is CN(C)S(=O)(=O)N1CCc2c(c(-c3ccc(Cl)c(-c4ccc(CNCc5ccc(Cl)cc5)cc4)c3)nn2CCCN2CCOCC2)C1. The number of ether oxygens (including phenoxy) is 1. The summed E-state index contributed by atoms with van der Waals surface area (Å²) in [6.45, 7) is 7.41. The van der Waals surface area contributed by atoms with Crippen LogP contribution in [0.25, 0.3) is 22.4 Å². The van der Waals surface area contributed by atoms with Crippen molar-refractivity contribution in [3.63, 3.8) is 0 Å². The number of hydrogen-bond acceptors (Lipinski definition) is 6. The van der Waals surface area contributed by atoms with Crippen molar-refractivity contribution in [1.82, 2.24) is 28.6 Å². The summed E-state index contributed by atoms with van der Waals surface area (Å²) in [4.78, 5) is 2.43. The van der Waals surface area contributed by atoms with Crippen molar-refractivity contribution in [2.45, 2.75) is 39.0 Å². The van der Waals surface area contributed by atoms with Gasteiger partial charge in [0, 0.05) is 105 Å². The molecule has 12 heteroatoms. The van der Waals surface area contributed by atoms with Crippen LogP contribution in [0.15, 0.2) is 66.7 Å². The third-order valence-corrected chi connectivity index (χ3v) is 11.4. The van der Waals surface area contributed by atoms with Gasteiger partial charge in [-0.15, -0.1) is 0 Å². The minimum Gasteiger partial charge on any atom is -0.379 e. The minimum atomic E-state index is -3.57. The quantitative estimate of drug-likeness (QED) is 0.205. The number of rotatable bonds is 12. The fraction of sp³-hybridized carbons (Fsp3) is 0.400. The van der Waals surface area contributed by atoms with Crippen LogP contribution in [0.2, 0.25) is 10.0 Å². The number of nitrogens with one attached hydrogen (secondary N) is 1. The molecule has 0 bridgehead atoms. The number of benzene rings is 3. The Hall–Kier alpha value is -2.80. The Morgan fingerprint density at radius 2 is 1.53 bits per heavy atom. The molecule has 0 saturated carbocycles. The van der Waals surface area contributed by atoms with Gasteiger partial charge in [0.05, 0.1) is 18.9 Å². The lowest BCUT2D eigenvalue weighted by molar-refractivity contribution is 0.0368. The van der Waals surface area contributed by atoms with Crippen molar-refractivity contribution >= 4 is 33.4 Å². The zero-order valence-corrected chi connectivity index (χ0v) is 29.3. The van der Waals surface area contributed by atoms with Gasteiger partial charge in [-0.3, -0.25) is 9.58 Å². The van der Waals surface area contributed by atoms with Gasteiger partial charge in [-0.2, -0.15) is 22.1 Å². The maximum atomic E-state index is 13.1. The van der Waals surface area contributed by atoms with Crippen molar-refractivity contribution in [3.05, 3.63) is 99.2 Å². The first-order chi connectivity index (χ1) is 22.7. The molecule has 4 aromatic rings. The highest BCUT2D eigenvalue weighted by Gasteiger charge is 2.33. The summed E-state index contributed by atoms with van der Waals surface area (Å²) in [7, 11) is -0.417. The van der Waals surface area contributed by atoms with Gasteiger partial charge in [-0.25, -0.2) is 0 Å². The van der Waals surface area contributed by atoms with E-state index in [1.807, 2.05) is 36.4 Å². The molecule has 2 aliphatic heterocycles. The zero-order valence-electron chi connectivity index (χ0n) is 27.0. The Morgan fingerprint density at radius 3 is 2.21 bits per heavy atom. The summed E-state index contributed by atoms with van der Waals surface area (Å²) in [6, 6.07) is 22.2. The van der Waals surface area contributed by atoms with Gasteiger partial charge in [0.15, 0.2) is 0 Å². The van der Waals surface area contributed by atoms with Crippen molar-refractivity contribution in [2.24, 2.45) is 0 Å². The highest BCUT2D eigenvalue weighted by atomic mass is 35.5. The predicted molar refractivity (Wildman–Crippen MR) is 189 cm³/mol. The van der Waals surface area contributed by atoms with Crippen LogP contribution in [-0.2, 0) is 47.5 Å². The summed E-state index contributed by atoms with van der Waals surface area (Å²) in [5.41, 5.74) is 8.07. The molecule has 9 nitrogen and oxygen atoms in total. The van der Waals surface area contributed by atoms with Gasteiger partial charge in [0.1, 0.15) is 0 Å². The number of halogens is 2. The van der Waals surface area contributed by atoms with Crippen LogP contribution < -0.4 is 5.32 Å². The van der Waals surface area contributed by atoms with Crippen LogP contribution >= 0.6 is 23.2 Å². The molecule has 250 valence electrons. The lowest BCUT2D eigenvalue weighted by atomic mass is 9.97. The first kappa shape index (κ1) is 34.1.